The van der Waals surface area contributed by atoms with Crippen LogP contribution < -0.4 is 0 Å². The summed E-state index contributed by atoms with van der Waals surface area (Å²) in [6.07, 6.45) is 8.79. The Bertz CT molecular complexity index is 497. The van der Waals surface area contributed by atoms with Crippen molar-refractivity contribution in [3.8, 4) is 12.3 Å². The lowest BCUT2D eigenvalue weighted by Crippen LogP contribution is -1.80. The summed E-state index contributed by atoms with van der Waals surface area (Å²) in [7, 11) is 0. The molecule has 0 N–H and O–H groups in total. The summed E-state index contributed by atoms with van der Waals surface area (Å²) in [5.74, 6) is 2.54. The predicted octanol–water partition coefficient (Wildman–Crippen LogP) is 2.87. The average Bonchev–Trinajstić information content (AvgIpc) is 2.17. The SMILES string of the molecule is C#Cc1cc2ccncc2cc1Cl. The molecule has 1 heterocycles. The van der Waals surface area contributed by atoms with Crippen molar-refractivity contribution in [1.29, 1.82) is 0 Å². The van der Waals surface area contributed by atoms with Gasteiger partial charge in [0.25, 0.3) is 0 Å². The summed E-state index contributed by atoms with van der Waals surface area (Å²) < 4.78 is 0. The molecular formula is C11H6ClN. The molecule has 0 bridgehead atoms. The van der Waals surface area contributed by atoms with E-state index in [0.29, 0.717) is 5.02 Å². The number of halogens is 1. The first-order chi connectivity index (χ1) is 6.31. The predicted molar refractivity (Wildman–Crippen MR) is 54.7 cm³/mol. The van der Waals surface area contributed by atoms with Crippen molar-refractivity contribution in [2.45, 2.75) is 0 Å². The Balaban J connectivity index is 2.83. The maximum absolute atomic E-state index is 5.93. The Labute approximate surface area is 81.4 Å². The maximum Gasteiger partial charge on any atom is 0.0569 e. The van der Waals surface area contributed by atoms with Gasteiger partial charge in [-0.2, -0.15) is 0 Å². The quantitative estimate of drug-likeness (QED) is 0.578. The van der Waals surface area contributed by atoms with Crippen LogP contribution in [0.4, 0.5) is 0 Å². The summed E-state index contributed by atoms with van der Waals surface area (Å²) in [5, 5.41) is 2.67. The molecule has 1 aromatic heterocycles. The number of rotatable bonds is 0. The Morgan fingerprint density at radius 1 is 1.31 bits per heavy atom. The van der Waals surface area contributed by atoms with E-state index in [2.05, 4.69) is 10.9 Å². The van der Waals surface area contributed by atoms with Crippen molar-refractivity contribution in [3.63, 3.8) is 0 Å². The Hall–Kier alpha value is -1.52. The van der Waals surface area contributed by atoms with Gasteiger partial charge in [-0.15, -0.1) is 6.42 Å². The molecule has 0 saturated carbocycles. The fourth-order valence-corrected chi connectivity index (χ4v) is 1.45. The van der Waals surface area contributed by atoms with Crippen molar-refractivity contribution < 1.29 is 0 Å². The Morgan fingerprint density at radius 3 is 2.92 bits per heavy atom. The van der Waals surface area contributed by atoms with E-state index in [0.717, 1.165) is 16.3 Å². The zero-order chi connectivity index (χ0) is 9.26. The van der Waals surface area contributed by atoms with E-state index in [9.17, 15) is 0 Å². The van der Waals surface area contributed by atoms with E-state index in [4.69, 9.17) is 18.0 Å². The second-order valence-corrected chi connectivity index (χ2v) is 3.11. The summed E-state index contributed by atoms with van der Waals surface area (Å²) in [6, 6.07) is 5.63. The Kier molecular flexibility index (Phi) is 1.92. The van der Waals surface area contributed by atoms with Crippen LogP contribution in [-0.4, -0.2) is 4.98 Å². The fraction of sp³-hybridized carbons (Fsp3) is 0. The molecule has 0 atom stereocenters. The first-order valence-electron chi connectivity index (χ1n) is 3.81. The summed E-state index contributed by atoms with van der Waals surface area (Å²) >= 11 is 5.93. The van der Waals surface area contributed by atoms with E-state index in [-0.39, 0.29) is 0 Å². The molecule has 0 saturated heterocycles. The number of hydrogen-bond donors (Lipinski definition) is 0. The van der Waals surface area contributed by atoms with Gasteiger partial charge in [0, 0.05) is 23.3 Å². The highest BCUT2D eigenvalue weighted by Crippen LogP contribution is 2.22. The lowest BCUT2D eigenvalue weighted by Gasteiger charge is -1.99. The molecule has 1 aromatic carbocycles. The normalized spacial score (nSPS) is 9.85. The molecule has 2 rings (SSSR count). The van der Waals surface area contributed by atoms with Crippen LogP contribution in [0.25, 0.3) is 10.8 Å². The molecule has 1 nitrogen and oxygen atoms in total. The number of aromatic nitrogens is 1. The molecule has 0 amide bonds. The van der Waals surface area contributed by atoms with E-state index >= 15 is 0 Å². The van der Waals surface area contributed by atoms with Crippen LogP contribution in [0.1, 0.15) is 5.56 Å². The van der Waals surface area contributed by atoms with Gasteiger partial charge in [-0.05, 0) is 23.6 Å². The minimum Gasteiger partial charge on any atom is -0.264 e. The highest BCUT2D eigenvalue weighted by Gasteiger charge is 1.99. The van der Waals surface area contributed by atoms with Crippen molar-refractivity contribution >= 4 is 22.4 Å². The van der Waals surface area contributed by atoms with Crippen LogP contribution in [-0.2, 0) is 0 Å². The van der Waals surface area contributed by atoms with Gasteiger partial charge in [-0.3, -0.25) is 4.98 Å². The van der Waals surface area contributed by atoms with Gasteiger partial charge < -0.3 is 0 Å². The van der Waals surface area contributed by atoms with Crippen LogP contribution in [0.5, 0.6) is 0 Å². The van der Waals surface area contributed by atoms with Gasteiger partial charge in [0.2, 0.25) is 0 Å². The van der Waals surface area contributed by atoms with E-state index in [1.165, 1.54) is 0 Å². The lowest BCUT2D eigenvalue weighted by molar-refractivity contribution is 1.36. The molecule has 0 aliphatic rings. The van der Waals surface area contributed by atoms with Gasteiger partial charge >= 0.3 is 0 Å². The van der Waals surface area contributed by atoms with Crippen LogP contribution in [0.15, 0.2) is 30.6 Å². The number of benzene rings is 1. The highest BCUT2D eigenvalue weighted by atomic mass is 35.5. The van der Waals surface area contributed by atoms with Gasteiger partial charge in [-0.25, -0.2) is 0 Å². The minimum atomic E-state index is 0.600. The minimum absolute atomic E-state index is 0.600. The number of nitrogens with zero attached hydrogens (tertiary/aromatic N) is 1. The van der Waals surface area contributed by atoms with Crippen molar-refractivity contribution in [1.82, 2.24) is 4.98 Å². The number of pyridine rings is 1. The molecule has 62 valence electrons. The molecular weight excluding hydrogens is 182 g/mol. The van der Waals surface area contributed by atoms with Crippen LogP contribution in [0.3, 0.4) is 0 Å². The first-order valence-corrected chi connectivity index (χ1v) is 4.19. The first kappa shape index (κ1) is 8.10. The largest absolute Gasteiger partial charge is 0.264 e. The van der Waals surface area contributed by atoms with E-state index < -0.39 is 0 Å². The van der Waals surface area contributed by atoms with Crippen LogP contribution in [0, 0.1) is 12.3 Å². The lowest BCUT2D eigenvalue weighted by atomic mass is 10.1. The standard InChI is InChI=1S/C11H6ClN/c1-2-8-5-9-3-4-13-7-10(9)6-11(8)12/h1,3-7H. The average molecular weight is 188 g/mol. The third-order valence-corrected chi connectivity index (χ3v) is 2.19. The molecule has 0 unspecified atom stereocenters. The van der Waals surface area contributed by atoms with E-state index in [1.807, 2.05) is 18.2 Å². The van der Waals surface area contributed by atoms with Gasteiger partial charge in [0.1, 0.15) is 0 Å². The monoisotopic (exact) mass is 187 g/mol. The zero-order valence-corrected chi connectivity index (χ0v) is 7.55. The molecule has 0 radical (unpaired) electrons. The summed E-state index contributed by atoms with van der Waals surface area (Å²) in [6.45, 7) is 0. The third-order valence-electron chi connectivity index (χ3n) is 1.88. The van der Waals surface area contributed by atoms with Gasteiger partial charge in [0.15, 0.2) is 0 Å². The highest BCUT2D eigenvalue weighted by molar-refractivity contribution is 6.32. The van der Waals surface area contributed by atoms with Crippen LogP contribution in [0.2, 0.25) is 5.02 Å². The molecule has 0 fully saturated rings. The summed E-state index contributed by atoms with van der Waals surface area (Å²) in [5.41, 5.74) is 0.723. The molecule has 0 aliphatic heterocycles. The number of fused-ring (bicyclic) bond motifs is 1. The second kappa shape index (κ2) is 3.08. The molecule has 0 aliphatic carbocycles. The maximum atomic E-state index is 5.93. The van der Waals surface area contributed by atoms with Crippen molar-refractivity contribution in [2.24, 2.45) is 0 Å². The Morgan fingerprint density at radius 2 is 2.15 bits per heavy atom. The number of terminal acetylenes is 1. The summed E-state index contributed by atoms with van der Waals surface area (Å²) in [4.78, 5) is 4.00. The van der Waals surface area contributed by atoms with Crippen molar-refractivity contribution in [2.75, 3.05) is 0 Å². The molecule has 2 aromatic rings. The smallest absolute Gasteiger partial charge is 0.0569 e. The zero-order valence-electron chi connectivity index (χ0n) is 6.79. The molecule has 0 spiro atoms. The van der Waals surface area contributed by atoms with Gasteiger partial charge in [-0.1, -0.05) is 17.5 Å². The molecule has 13 heavy (non-hydrogen) atoms. The van der Waals surface area contributed by atoms with Crippen LogP contribution >= 0.6 is 11.6 Å². The van der Waals surface area contributed by atoms with E-state index in [1.54, 1.807) is 12.4 Å². The third kappa shape index (κ3) is 1.37. The van der Waals surface area contributed by atoms with Crippen molar-refractivity contribution in [3.05, 3.63) is 41.2 Å². The topological polar surface area (TPSA) is 12.9 Å². The van der Waals surface area contributed by atoms with Gasteiger partial charge in [0.05, 0.1) is 5.02 Å². The second-order valence-electron chi connectivity index (χ2n) is 2.70. The fourth-order valence-electron chi connectivity index (χ4n) is 1.22. The number of hydrogen-bond acceptors (Lipinski definition) is 1. The molecule has 2 heteroatoms.